The zero-order chi connectivity index (χ0) is 14.9. The average molecular weight is 277 g/mol. The zero-order valence-corrected chi connectivity index (χ0v) is 11.3. The maximum Gasteiger partial charge on any atom is 0.305 e. The second-order valence-electron chi connectivity index (χ2n) is 4.63. The molecule has 1 atom stereocenters. The summed E-state index contributed by atoms with van der Waals surface area (Å²) < 4.78 is 5.47. The molecule has 0 saturated heterocycles. The molecule has 0 spiro atoms. The predicted molar refractivity (Wildman–Crippen MR) is 71.1 cm³/mol. The van der Waals surface area contributed by atoms with Crippen molar-refractivity contribution in [2.24, 2.45) is 0 Å². The predicted octanol–water partition coefficient (Wildman–Crippen LogP) is 1.48. The second-order valence-corrected chi connectivity index (χ2v) is 4.63. The van der Waals surface area contributed by atoms with Gasteiger partial charge in [0.05, 0.1) is 12.1 Å². The monoisotopic (exact) mass is 277 g/mol. The van der Waals surface area contributed by atoms with Crippen LogP contribution in [0.1, 0.15) is 30.6 Å². The molecule has 1 N–H and O–H groups in total. The van der Waals surface area contributed by atoms with Crippen molar-refractivity contribution >= 4 is 23.3 Å². The van der Waals surface area contributed by atoms with Gasteiger partial charge in [0.2, 0.25) is 0 Å². The number of carboxylic acid groups (broad SMARTS) is 1. The summed E-state index contributed by atoms with van der Waals surface area (Å²) in [6.07, 6.45) is -0.832. The van der Waals surface area contributed by atoms with Crippen LogP contribution in [0.15, 0.2) is 18.2 Å². The molecule has 0 bridgehead atoms. The number of rotatable bonds is 4. The number of fused-ring (bicyclic) bond motifs is 1. The molecule has 0 saturated carbocycles. The van der Waals surface area contributed by atoms with Crippen LogP contribution in [0.5, 0.6) is 5.75 Å². The lowest BCUT2D eigenvalue weighted by Gasteiger charge is -2.33. The lowest BCUT2D eigenvalue weighted by atomic mass is 10.1. The van der Waals surface area contributed by atoms with Gasteiger partial charge in [0.1, 0.15) is 5.75 Å². The number of nitrogens with zero attached hydrogens (tertiary/aromatic N) is 1. The molecule has 0 aromatic heterocycles. The lowest BCUT2D eigenvalue weighted by Crippen LogP contribution is -2.45. The Hall–Kier alpha value is -2.37. The van der Waals surface area contributed by atoms with Crippen LogP contribution < -0.4 is 9.64 Å². The molecule has 2 rings (SSSR count). The molecular formula is C14H15NO5. The second kappa shape index (κ2) is 5.32. The first-order chi connectivity index (χ1) is 9.40. The molecule has 1 aromatic rings. The Morgan fingerprint density at radius 2 is 2.10 bits per heavy atom. The normalized spacial score (nSPS) is 17.4. The summed E-state index contributed by atoms with van der Waals surface area (Å²) in [7, 11) is 0. The zero-order valence-electron chi connectivity index (χ0n) is 11.3. The maximum atomic E-state index is 12.1. The summed E-state index contributed by atoms with van der Waals surface area (Å²) in [6, 6.07) is 4.81. The van der Waals surface area contributed by atoms with Crippen molar-refractivity contribution < 1.29 is 24.2 Å². The number of aliphatic carboxylic acids is 1. The van der Waals surface area contributed by atoms with Crippen LogP contribution in [0.4, 0.5) is 5.69 Å². The van der Waals surface area contributed by atoms with Crippen LogP contribution in [0, 0.1) is 0 Å². The van der Waals surface area contributed by atoms with Gasteiger partial charge in [-0.05, 0) is 32.0 Å². The van der Waals surface area contributed by atoms with Gasteiger partial charge in [-0.3, -0.25) is 14.4 Å². The van der Waals surface area contributed by atoms with Crippen LogP contribution in [-0.2, 0) is 9.59 Å². The Labute approximate surface area is 115 Å². The molecule has 20 heavy (non-hydrogen) atoms. The van der Waals surface area contributed by atoms with Gasteiger partial charge in [-0.2, -0.15) is 0 Å². The molecule has 0 fully saturated rings. The molecule has 1 heterocycles. The molecule has 1 aromatic carbocycles. The SMILES string of the molecule is CC(=O)c1ccc2c(c1)N(CCC(=O)O)C(=O)C(C)O2. The number of amides is 1. The number of hydrogen-bond acceptors (Lipinski definition) is 4. The number of carbonyl (C=O) groups excluding carboxylic acids is 2. The van der Waals surface area contributed by atoms with E-state index in [9.17, 15) is 14.4 Å². The van der Waals surface area contributed by atoms with Gasteiger partial charge in [0, 0.05) is 12.1 Å². The fourth-order valence-corrected chi connectivity index (χ4v) is 2.06. The van der Waals surface area contributed by atoms with Crippen molar-refractivity contribution in [2.75, 3.05) is 11.4 Å². The first kappa shape index (κ1) is 14.0. The van der Waals surface area contributed by atoms with Crippen LogP contribution in [0.2, 0.25) is 0 Å². The Morgan fingerprint density at radius 3 is 2.70 bits per heavy atom. The smallest absolute Gasteiger partial charge is 0.305 e. The molecule has 0 aliphatic carbocycles. The maximum absolute atomic E-state index is 12.1. The summed E-state index contributed by atoms with van der Waals surface area (Å²) in [5.74, 6) is -0.940. The Bertz CT molecular complexity index is 581. The standard InChI is InChI=1S/C14H15NO5/c1-8(16)10-3-4-12-11(7-10)15(6-5-13(17)18)14(19)9(2)20-12/h3-4,7,9H,5-6H2,1-2H3,(H,17,18). The van der Waals surface area contributed by atoms with Crippen molar-refractivity contribution in [3.05, 3.63) is 23.8 Å². The van der Waals surface area contributed by atoms with Gasteiger partial charge >= 0.3 is 5.97 Å². The fraction of sp³-hybridized carbons (Fsp3) is 0.357. The number of hydrogen-bond donors (Lipinski definition) is 1. The number of ketones is 1. The van der Waals surface area contributed by atoms with Crippen molar-refractivity contribution in [1.29, 1.82) is 0 Å². The average Bonchev–Trinajstić information content (AvgIpc) is 2.38. The van der Waals surface area contributed by atoms with Gasteiger partial charge in [-0.25, -0.2) is 0 Å². The van der Waals surface area contributed by atoms with Crippen molar-refractivity contribution in [3.63, 3.8) is 0 Å². The summed E-state index contributed by atoms with van der Waals surface area (Å²) in [4.78, 5) is 35.6. The molecular weight excluding hydrogens is 262 g/mol. The summed E-state index contributed by atoms with van der Waals surface area (Å²) in [6.45, 7) is 3.09. The van der Waals surface area contributed by atoms with Crippen LogP contribution in [0.25, 0.3) is 0 Å². The topological polar surface area (TPSA) is 83.9 Å². The number of benzene rings is 1. The van der Waals surface area contributed by atoms with Crippen LogP contribution >= 0.6 is 0 Å². The van der Waals surface area contributed by atoms with Crippen molar-refractivity contribution in [2.45, 2.75) is 26.4 Å². The lowest BCUT2D eigenvalue weighted by molar-refractivity contribution is -0.136. The van der Waals surface area contributed by atoms with Gasteiger partial charge in [0.25, 0.3) is 5.91 Å². The highest BCUT2D eigenvalue weighted by atomic mass is 16.5. The molecule has 1 amide bonds. The van der Waals surface area contributed by atoms with E-state index in [-0.39, 0.29) is 24.7 Å². The molecule has 1 aliphatic rings. The quantitative estimate of drug-likeness (QED) is 0.843. The van der Waals surface area contributed by atoms with Crippen LogP contribution in [-0.4, -0.2) is 35.4 Å². The van der Waals surface area contributed by atoms with E-state index in [0.29, 0.717) is 17.0 Å². The van der Waals surface area contributed by atoms with Crippen molar-refractivity contribution in [1.82, 2.24) is 0 Å². The third-order valence-electron chi connectivity index (χ3n) is 3.12. The molecule has 1 aliphatic heterocycles. The minimum atomic E-state index is -0.985. The van der Waals surface area contributed by atoms with Gasteiger partial charge in [-0.1, -0.05) is 0 Å². The molecule has 106 valence electrons. The third kappa shape index (κ3) is 2.64. The van der Waals surface area contributed by atoms with Crippen LogP contribution in [0.3, 0.4) is 0 Å². The van der Waals surface area contributed by atoms with Gasteiger partial charge in [0.15, 0.2) is 11.9 Å². The van der Waals surface area contributed by atoms with E-state index in [1.165, 1.54) is 11.8 Å². The van der Waals surface area contributed by atoms with E-state index >= 15 is 0 Å². The number of carboxylic acids is 1. The summed E-state index contributed by atoms with van der Waals surface area (Å²) in [5, 5.41) is 8.76. The van der Waals surface area contributed by atoms with Gasteiger partial charge in [-0.15, -0.1) is 0 Å². The molecule has 6 heteroatoms. The molecule has 0 radical (unpaired) electrons. The Kier molecular flexibility index (Phi) is 3.74. The van der Waals surface area contributed by atoms with E-state index in [2.05, 4.69) is 0 Å². The Morgan fingerprint density at radius 1 is 1.40 bits per heavy atom. The number of ether oxygens (including phenoxy) is 1. The van der Waals surface area contributed by atoms with E-state index in [4.69, 9.17) is 9.84 Å². The summed E-state index contributed by atoms with van der Waals surface area (Å²) >= 11 is 0. The van der Waals surface area contributed by atoms with E-state index in [1.54, 1.807) is 25.1 Å². The highest BCUT2D eigenvalue weighted by molar-refractivity contribution is 6.02. The minimum absolute atomic E-state index is 0.0518. The highest BCUT2D eigenvalue weighted by Crippen LogP contribution is 2.35. The number of carbonyl (C=O) groups is 3. The fourth-order valence-electron chi connectivity index (χ4n) is 2.06. The van der Waals surface area contributed by atoms with E-state index in [1.807, 2.05) is 0 Å². The minimum Gasteiger partial charge on any atom is -0.481 e. The first-order valence-corrected chi connectivity index (χ1v) is 6.25. The van der Waals surface area contributed by atoms with Crippen molar-refractivity contribution in [3.8, 4) is 5.75 Å². The number of Topliss-reactive ketones (excluding diaryl/α,β-unsaturated/α-hetero) is 1. The largest absolute Gasteiger partial charge is 0.481 e. The van der Waals surface area contributed by atoms with E-state index in [0.717, 1.165) is 0 Å². The van der Waals surface area contributed by atoms with Gasteiger partial charge < -0.3 is 14.7 Å². The Balaban J connectivity index is 2.40. The highest BCUT2D eigenvalue weighted by Gasteiger charge is 2.31. The summed E-state index contributed by atoms with van der Waals surface area (Å²) in [5.41, 5.74) is 0.900. The first-order valence-electron chi connectivity index (χ1n) is 6.25. The number of anilines is 1. The molecule has 1 unspecified atom stereocenters. The van der Waals surface area contributed by atoms with E-state index < -0.39 is 12.1 Å². The third-order valence-corrected chi connectivity index (χ3v) is 3.12. The molecule has 6 nitrogen and oxygen atoms in total.